The van der Waals surface area contributed by atoms with Crippen LogP contribution < -0.4 is 10.1 Å². The minimum absolute atomic E-state index is 0.290. The molecular formula is C28H32N4O4. The third-order valence-corrected chi connectivity index (χ3v) is 6.79. The van der Waals surface area contributed by atoms with Crippen LogP contribution in [-0.4, -0.2) is 40.1 Å². The lowest BCUT2D eigenvalue weighted by Crippen LogP contribution is -2.17. The van der Waals surface area contributed by atoms with Crippen molar-refractivity contribution in [2.75, 3.05) is 18.5 Å². The summed E-state index contributed by atoms with van der Waals surface area (Å²) in [4.78, 5) is 21.6. The Hall–Kier alpha value is -3.65. The molecule has 8 nitrogen and oxygen atoms in total. The lowest BCUT2D eigenvalue weighted by molar-refractivity contribution is 0.0520. The second-order valence-corrected chi connectivity index (χ2v) is 9.15. The molecule has 2 N–H and O–H groups in total. The van der Waals surface area contributed by atoms with E-state index in [0.29, 0.717) is 43.2 Å². The van der Waals surface area contributed by atoms with Gasteiger partial charge in [0.1, 0.15) is 35.5 Å². The zero-order chi connectivity index (χ0) is 24.9. The van der Waals surface area contributed by atoms with Gasteiger partial charge in [0.15, 0.2) is 0 Å². The quantitative estimate of drug-likeness (QED) is 0.460. The number of nitrogens with one attached hydrogen (secondary N) is 1. The highest BCUT2D eigenvalue weighted by molar-refractivity contribution is 5.93. The van der Waals surface area contributed by atoms with E-state index in [2.05, 4.69) is 15.3 Å². The van der Waals surface area contributed by atoms with Crippen LogP contribution in [0.2, 0.25) is 0 Å². The van der Waals surface area contributed by atoms with Gasteiger partial charge in [-0.05, 0) is 67.3 Å². The van der Waals surface area contributed by atoms with Crippen molar-refractivity contribution in [3.8, 4) is 5.75 Å². The number of fused-ring (bicyclic) bond motifs is 2. The van der Waals surface area contributed by atoms with Crippen molar-refractivity contribution >= 4 is 18.1 Å². The number of ether oxygens (including phenoxy) is 2. The molecule has 3 aromatic rings. The van der Waals surface area contributed by atoms with Gasteiger partial charge in [0.25, 0.3) is 0 Å². The molecule has 1 aromatic heterocycles. The largest absolute Gasteiger partial charge is 0.488 e. The molecule has 188 valence electrons. The van der Waals surface area contributed by atoms with Gasteiger partial charge in [0, 0.05) is 6.54 Å². The first-order valence-electron chi connectivity index (χ1n) is 12.6. The van der Waals surface area contributed by atoms with Crippen LogP contribution in [0.1, 0.15) is 64.2 Å². The van der Waals surface area contributed by atoms with E-state index in [1.54, 1.807) is 12.7 Å². The average Bonchev–Trinajstić information content (AvgIpc) is 3.22. The molecule has 5 rings (SSSR count). The summed E-state index contributed by atoms with van der Waals surface area (Å²) in [6.07, 6.45) is 7.36. The Balaban J connectivity index is 1.47. The Kier molecular flexibility index (Phi) is 7.32. The van der Waals surface area contributed by atoms with Crippen LogP contribution in [0.3, 0.4) is 0 Å². The number of aliphatic imine (C=N–C) groups is 1. The third kappa shape index (κ3) is 4.99. The molecule has 1 unspecified atom stereocenters. The maximum absolute atomic E-state index is 13.0. The molecule has 1 atom stereocenters. The Labute approximate surface area is 211 Å². The van der Waals surface area contributed by atoms with Crippen molar-refractivity contribution in [1.82, 2.24) is 9.55 Å². The number of imidazole rings is 1. The molecule has 2 heterocycles. The van der Waals surface area contributed by atoms with Crippen molar-refractivity contribution in [2.45, 2.75) is 58.3 Å². The smallest absolute Gasteiger partial charge is 0.341 e. The number of carbonyl (C=O) groups is 1. The standard InChI is InChI=1S/C28H32N4O4/c1-2-35-28(34)23-14-20(12-13-32-18-31-25-24(33)15-29-17-30-27(25)32)21-10-6-7-11-22(21)26(23)36-16-19-8-4-3-5-9-19/h3-5,8-9,14,17-18,24,33H,2,6-7,10-13,15-16H2,1H3,(H,29,30). The number of aliphatic hydroxyl groups is 1. The summed E-state index contributed by atoms with van der Waals surface area (Å²) >= 11 is 0. The van der Waals surface area contributed by atoms with Gasteiger partial charge in [-0.2, -0.15) is 0 Å². The second-order valence-electron chi connectivity index (χ2n) is 9.15. The van der Waals surface area contributed by atoms with Crippen LogP contribution in [0.15, 0.2) is 47.7 Å². The highest BCUT2D eigenvalue weighted by atomic mass is 16.5. The number of carbonyl (C=O) groups excluding carboxylic acids is 1. The first-order chi connectivity index (χ1) is 17.7. The third-order valence-electron chi connectivity index (χ3n) is 6.79. The highest BCUT2D eigenvalue weighted by Crippen LogP contribution is 2.37. The molecule has 1 aliphatic carbocycles. The number of aryl methyl sites for hydroxylation is 2. The summed E-state index contributed by atoms with van der Waals surface area (Å²) in [7, 11) is 0. The summed E-state index contributed by atoms with van der Waals surface area (Å²) in [6, 6.07) is 12.0. The predicted octanol–water partition coefficient (Wildman–Crippen LogP) is 4.25. The normalized spacial score (nSPS) is 16.4. The minimum Gasteiger partial charge on any atom is -0.488 e. The van der Waals surface area contributed by atoms with Gasteiger partial charge in [-0.25, -0.2) is 9.78 Å². The van der Waals surface area contributed by atoms with Gasteiger partial charge >= 0.3 is 5.97 Å². The Morgan fingerprint density at radius 3 is 2.81 bits per heavy atom. The number of hydrogen-bond donors (Lipinski definition) is 2. The van der Waals surface area contributed by atoms with E-state index in [9.17, 15) is 9.90 Å². The van der Waals surface area contributed by atoms with E-state index in [-0.39, 0.29) is 12.5 Å². The fourth-order valence-electron chi connectivity index (χ4n) is 5.03. The molecule has 36 heavy (non-hydrogen) atoms. The molecular weight excluding hydrogens is 456 g/mol. The zero-order valence-electron chi connectivity index (χ0n) is 20.6. The first kappa shape index (κ1) is 24.1. The molecule has 0 fully saturated rings. The number of anilines is 1. The number of nitrogens with zero attached hydrogens (tertiary/aromatic N) is 3. The van der Waals surface area contributed by atoms with Crippen LogP contribution in [0, 0.1) is 0 Å². The molecule has 0 amide bonds. The molecule has 2 aliphatic rings. The number of aromatic nitrogens is 2. The summed E-state index contributed by atoms with van der Waals surface area (Å²) in [6.45, 7) is 3.46. The van der Waals surface area contributed by atoms with E-state index < -0.39 is 6.10 Å². The number of hydrogen-bond acceptors (Lipinski definition) is 7. The molecule has 1 aliphatic heterocycles. The maximum atomic E-state index is 13.0. The zero-order valence-corrected chi connectivity index (χ0v) is 20.6. The summed E-state index contributed by atoms with van der Waals surface area (Å²) < 4.78 is 13.8. The van der Waals surface area contributed by atoms with Crippen LogP contribution in [0.5, 0.6) is 5.75 Å². The molecule has 2 aromatic carbocycles. The van der Waals surface area contributed by atoms with Gasteiger partial charge < -0.3 is 24.5 Å². The molecule has 0 bridgehead atoms. The van der Waals surface area contributed by atoms with E-state index >= 15 is 0 Å². The van der Waals surface area contributed by atoms with Crippen LogP contribution in [-0.2, 0) is 37.2 Å². The van der Waals surface area contributed by atoms with Gasteiger partial charge in [-0.3, -0.25) is 4.99 Å². The maximum Gasteiger partial charge on any atom is 0.341 e. The fraction of sp³-hybridized carbons (Fsp3) is 0.393. The van der Waals surface area contributed by atoms with Gasteiger partial charge in [-0.15, -0.1) is 0 Å². The molecule has 0 spiro atoms. The highest BCUT2D eigenvalue weighted by Gasteiger charge is 2.26. The van der Waals surface area contributed by atoms with Crippen molar-refractivity contribution in [2.24, 2.45) is 4.99 Å². The monoisotopic (exact) mass is 488 g/mol. The van der Waals surface area contributed by atoms with E-state index in [1.807, 2.05) is 47.9 Å². The van der Waals surface area contributed by atoms with Crippen molar-refractivity contribution in [1.29, 1.82) is 0 Å². The Morgan fingerprint density at radius 2 is 2.00 bits per heavy atom. The predicted molar refractivity (Wildman–Crippen MR) is 138 cm³/mol. The van der Waals surface area contributed by atoms with Crippen LogP contribution in [0.25, 0.3) is 0 Å². The van der Waals surface area contributed by atoms with E-state index in [4.69, 9.17) is 9.47 Å². The summed E-state index contributed by atoms with van der Waals surface area (Å²) in [5.74, 6) is 1.06. The second kappa shape index (κ2) is 11.0. The minimum atomic E-state index is -0.725. The average molecular weight is 489 g/mol. The molecule has 0 saturated carbocycles. The topological polar surface area (TPSA) is 98.0 Å². The lowest BCUT2D eigenvalue weighted by atomic mass is 9.84. The first-order valence-corrected chi connectivity index (χ1v) is 12.6. The number of esters is 1. The van der Waals surface area contributed by atoms with Gasteiger partial charge in [0.2, 0.25) is 0 Å². The van der Waals surface area contributed by atoms with E-state index in [0.717, 1.165) is 48.2 Å². The molecule has 0 saturated heterocycles. The lowest BCUT2D eigenvalue weighted by Gasteiger charge is -2.25. The number of rotatable bonds is 8. The van der Waals surface area contributed by atoms with Crippen molar-refractivity contribution in [3.63, 3.8) is 0 Å². The molecule has 0 radical (unpaired) electrons. The van der Waals surface area contributed by atoms with Crippen molar-refractivity contribution in [3.05, 3.63) is 76.2 Å². The van der Waals surface area contributed by atoms with Crippen molar-refractivity contribution < 1.29 is 19.4 Å². The molecule has 8 heteroatoms. The summed E-state index contributed by atoms with van der Waals surface area (Å²) in [5, 5.41) is 13.5. The van der Waals surface area contributed by atoms with Crippen LogP contribution in [0.4, 0.5) is 5.82 Å². The van der Waals surface area contributed by atoms with Gasteiger partial charge in [0.05, 0.1) is 25.8 Å². The Morgan fingerprint density at radius 1 is 1.19 bits per heavy atom. The SMILES string of the molecule is CCOC(=O)c1cc(CCn2cnc3c2NC=NCC3O)c2c(c1OCc1ccccc1)CCCC2. The number of aliphatic hydroxyl groups excluding tert-OH is 1. The van der Waals surface area contributed by atoms with E-state index in [1.165, 1.54) is 5.56 Å². The summed E-state index contributed by atoms with van der Waals surface area (Å²) in [5.41, 5.74) is 5.69. The Bertz CT molecular complexity index is 1250. The number of benzene rings is 2. The van der Waals surface area contributed by atoms with Gasteiger partial charge in [-0.1, -0.05) is 30.3 Å². The fourth-order valence-corrected chi connectivity index (χ4v) is 5.03. The van der Waals surface area contributed by atoms with Crippen LogP contribution >= 0.6 is 0 Å².